The Labute approximate surface area is 86.5 Å². The highest BCUT2D eigenvalue weighted by Gasteiger charge is 2.11. The molecule has 0 aromatic carbocycles. The van der Waals surface area contributed by atoms with Gasteiger partial charge >= 0.3 is 5.97 Å². The summed E-state index contributed by atoms with van der Waals surface area (Å²) in [5.41, 5.74) is 6.08. The fourth-order valence-corrected chi connectivity index (χ4v) is 1.61. The smallest absolute Gasteiger partial charge is 0.307 e. The maximum Gasteiger partial charge on any atom is 0.307 e. The van der Waals surface area contributed by atoms with Gasteiger partial charge in [0, 0.05) is 5.75 Å². The van der Waals surface area contributed by atoms with E-state index in [1.807, 2.05) is 0 Å². The summed E-state index contributed by atoms with van der Waals surface area (Å²) < 4.78 is 0. The van der Waals surface area contributed by atoms with E-state index in [1.165, 1.54) is 11.8 Å². The van der Waals surface area contributed by atoms with Crippen molar-refractivity contribution in [3.05, 3.63) is 18.3 Å². The third-order valence-corrected chi connectivity index (χ3v) is 2.87. The van der Waals surface area contributed by atoms with E-state index in [2.05, 4.69) is 4.98 Å². The highest BCUT2D eigenvalue weighted by atomic mass is 32.2. The van der Waals surface area contributed by atoms with Crippen LogP contribution in [0, 0.1) is 5.92 Å². The zero-order valence-corrected chi connectivity index (χ0v) is 8.62. The molecule has 4 nitrogen and oxygen atoms in total. The van der Waals surface area contributed by atoms with Gasteiger partial charge in [0.05, 0.1) is 22.8 Å². The number of aliphatic carboxylic acids is 1. The van der Waals surface area contributed by atoms with Crippen LogP contribution in [0.2, 0.25) is 0 Å². The van der Waals surface area contributed by atoms with Crippen molar-refractivity contribution in [2.75, 3.05) is 11.5 Å². The normalized spacial score (nSPS) is 12.4. The first kappa shape index (κ1) is 10.8. The Morgan fingerprint density at radius 3 is 2.93 bits per heavy atom. The van der Waals surface area contributed by atoms with Crippen LogP contribution in [0.15, 0.2) is 23.4 Å². The summed E-state index contributed by atoms with van der Waals surface area (Å²) in [6.45, 7) is 1.67. The number of nitrogens with zero attached hydrogens (tertiary/aromatic N) is 1. The van der Waals surface area contributed by atoms with Gasteiger partial charge in [0.2, 0.25) is 0 Å². The third-order valence-electron chi connectivity index (χ3n) is 1.66. The zero-order chi connectivity index (χ0) is 10.6. The Morgan fingerprint density at radius 1 is 1.71 bits per heavy atom. The van der Waals surface area contributed by atoms with Gasteiger partial charge in [-0.3, -0.25) is 4.79 Å². The summed E-state index contributed by atoms with van der Waals surface area (Å²) in [7, 11) is 0. The average molecular weight is 212 g/mol. The number of hydrogen-bond acceptors (Lipinski definition) is 4. The number of carbonyl (C=O) groups is 1. The number of aromatic nitrogens is 1. The van der Waals surface area contributed by atoms with E-state index >= 15 is 0 Å². The Balaban J connectivity index is 2.46. The third kappa shape index (κ3) is 3.26. The summed E-state index contributed by atoms with van der Waals surface area (Å²) in [5.74, 6) is -0.626. The van der Waals surface area contributed by atoms with Gasteiger partial charge in [-0.15, -0.1) is 11.8 Å². The van der Waals surface area contributed by atoms with Crippen LogP contribution in [0.1, 0.15) is 6.92 Å². The van der Waals surface area contributed by atoms with Crippen molar-refractivity contribution in [2.45, 2.75) is 11.9 Å². The van der Waals surface area contributed by atoms with Crippen LogP contribution in [0.5, 0.6) is 0 Å². The molecule has 5 heteroatoms. The molecule has 1 unspecified atom stereocenters. The Hall–Kier alpha value is -1.23. The lowest BCUT2D eigenvalue weighted by Crippen LogP contribution is -2.11. The van der Waals surface area contributed by atoms with Crippen molar-refractivity contribution < 1.29 is 9.90 Å². The average Bonchev–Trinajstić information content (AvgIpc) is 2.16. The van der Waals surface area contributed by atoms with Gasteiger partial charge in [-0.1, -0.05) is 6.92 Å². The minimum absolute atomic E-state index is 0.362. The van der Waals surface area contributed by atoms with Crippen LogP contribution in [-0.4, -0.2) is 21.8 Å². The topological polar surface area (TPSA) is 76.2 Å². The van der Waals surface area contributed by atoms with E-state index in [9.17, 15) is 4.79 Å². The molecule has 14 heavy (non-hydrogen) atoms. The molecule has 0 bridgehead atoms. The molecule has 0 radical (unpaired) electrons. The number of nitrogen functional groups attached to an aromatic ring is 1. The van der Waals surface area contributed by atoms with Crippen molar-refractivity contribution in [1.82, 2.24) is 4.98 Å². The first-order valence-corrected chi connectivity index (χ1v) is 5.15. The number of pyridine rings is 1. The van der Waals surface area contributed by atoms with Crippen molar-refractivity contribution in [2.24, 2.45) is 5.92 Å². The SMILES string of the molecule is CC(CSc1ccc(N)cn1)C(=O)O. The number of rotatable bonds is 4. The standard InChI is InChI=1S/C9H12N2O2S/c1-6(9(12)13)5-14-8-3-2-7(10)4-11-8/h2-4,6H,5,10H2,1H3,(H,12,13). The minimum Gasteiger partial charge on any atom is -0.481 e. The molecule has 1 heterocycles. The van der Waals surface area contributed by atoms with E-state index in [4.69, 9.17) is 10.8 Å². The quantitative estimate of drug-likeness (QED) is 0.739. The predicted molar refractivity (Wildman–Crippen MR) is 56.2 cm³/mol. The van der Waals surface area contributed by atoms with Gasteiger partial charge in [0.1, 0.15) is 0 Å². The molecular weight excluding hydrogens is 200 g/mol. The van der Waals surface area contributed by atoms with Gasteiger partial charge in [0.25, 0.3) is 0 Å². The largest absolute Gasteiger partial charge is 0.481 e. The lowest BCUT2D eigenvalue weighted by atomic mass is 10.2. The zero-order valence-electron chi connectivity index (χ0n) is 7.80. The monoisotopic (exact) mass is 212 g/mol. The second kappa shape index (κ2) is 4.85. The summed E-state index contributed by atoms with van der Waals surface area (Å²) in [4.78, 5) is 14.6. The fourth-order valence-electron chi connectivity index (χ4n) is 0.759. The Bertz CT molecular complexity index is 313. The van der Waals surface area contributed by atoms with Gasteiger partial charge in [0.15, 0.2) is 0 Å². The van der Waals surface area contributed by atoms with Crippen LogP contribution in [-0.2, 0) is 4.79 Å². The van der Waals surface area contributed by atoms with E-state index in [1.54, 1.807) is 25.3 Å². The molecule has 0 fully saturated rings. The molecule has 0 aliphatic heterocycles. The molecule has 0 spiro atoms. The summed E-state index contributed by atoms with van der Waals surface area (Å²) >= 11 is 1.42. The Morgan fingerprint density at radius 2 is 2.43 bits per heavy atom. The predicted octanol–water partition coefficient (Wildman–Crippen LogP) is 1.48. The van der Waals surface area contributed by atoms with E-state index in [0.29, 0.717) is 11.4 Å². The maximum absolute atomic E-state index is 10.5. The second-order valence-corrected chi connectivity index (χ2v) is 4.02. The summed E-state index contributed by atoms with van der Waals surface area (Å²) in [6, 6.07) is 3.54. The molecule has 76 valence electrons. The molecule has 1 atom stereocenters. The lowest BCUT2D eigenvalue weighted by Gasteiger charge is -2.04. The van der Waals surface area contributed by atoms with Gasteiger partial charge in [-0.25, -0.2) is 4.98 Å². The maximum atomic E-state index is 10.5. The Kier molecular flexibility index (Phi) is 3.76. The van der Waals surface area contributed by atoms with Crippen molar-refractivity contribution >= 4 is 23.4 Å². The molecular formula is C9H12N2O2S. The van der Waals surface area contributed by atoms with Crippen molar-refractivity contribution in [3.63, 3.8) is 0 Å². The van der Waals surface area contributed by atoms with Gasteiger partial charge in [-0.05, 0) is 12.1 Å². The lowest BCUT2D eigenvalue weighted by molar-refractivity contribution is -0.140. The molecule has 0 aliphatic rings. The number of nitrogens with two attached hydrogens (primary N) is 1. The molecule has 1 rings (SSSR count). The van der Waals surface area contributed by atoms with Crippen LogP contribution in [0.25, 0.3) is 0 Å². The molecule has 1 aromatic heterocycles. The number of carboxylic acid groups (broad SMARTS) is 1. The van der Waals surface area contributed by atoms with Crippen LogP contribution in [0.4, 0.5) is 5.69 Å². The highest BCUT2D eigenvalue weighted by Crippen LogP contribution is 2.18. The number of thioether (sulfide) groups is 1. The number of carboxylic acids is 1. The van der Waals surface area contributed by atoms with Crippen molar-refractivity contribution in [3.8, 4) is 0 Å². The van der Waals surface area contributed by atoms with Gasteiger partial charge in [-0.2, -0.15) is 0 Å². The first-order chi connectivity index (χ1) is 6.59. The molecule has 1 aromatic rings. The van der Waals surface area contributed by atoms with E-state index in [0.717, 1.165) is 5.03 Å². The van der Waals surface area contributed by atoms with E-state index in [-0.39, 0.29) is 5.92 Å². The number of hydrogen-bond donors (Lipinski definition) is 2. The van der Waals surface area contributed by atoms with Crippen LogP contribution in [0.3, 0.4) is 0 Å². The van der Waals surface area contributed by atoms with Gasteiger partial charge < -0.3 is 10.8 Å². The molecule has 0 saturated carbocycles. The van der Waals surface area contributed by atoms with E-state index < -0.39 is 5.97 Å². The molecule has 0 saturated heterocycles. The fraction of sp³-hybridized carbons (Fsp3) is 0.333. The van der Waals surface area contributed by atoms with Crippen LogP contribution >= 0.6 is 11.8 Å². The van der Waals surface area contributed by atoms with Crippen molar-refractivity contribution in [1.29, 1.82) is 0 Å². The first-order valence-electron chi connectivity index (χ1n) is 4.16. The molecule has 0 amide bonds. The molecule has 3 N–H and O–H groups in total. The second-order valence-electron chi connectivity index (χ2n) is 2.98. The minimum atomic E-state index is -0.784. The summed E-state index contributed by atoms with van der Waals surface area (Å²) in [5, 5.41) is 9.45. The summed E-state index contributed by atoms with van der Waals surface area (Å²) in [6.07, 6.45) is 1.56. The van der Waals surface area contributed by atoms with Crippen LogP contribution < -0.4 is 5.73 Å². The molecule has 0 aliphatic carbocycles. The number of anilines is 1. The highest BCUT2D eigenvalue weighted by molar-refractivity contribution is 7.99.